The highest BCUT2D eigenvalue weighted by Crippen LogP contribution is 2.47. The number of aromatic nitrogens is 4. The van der Waals surface area contributed by atoms with Gasteiger partial charge in [-0.1, -0.05) is 6.07 Å². The largest absolute Gasteiger partial charge is 0.394 e. The summed E-state index contributed by atoms with van der Waals surface area (Å²) in [7, 11) is 0. The molecule has 5 aromatic rings. The zero-order valence-corrected chi connectivity index (χ0v) is 17.3. The zero-order valence-electron chi connectivity index (χ0n) is 17.3. The minimum Gasteiger partial charge on any atom is -0.394 e. The molecular formula is C24H18F3N5O. The monoisotopic (exact) mass is 449 g/mol. The quantitative estimate of drug-likeness (QED) is 0.321. The maximum absolute atomic E-state index is 14.3. The van der Waals surface area contributed by atoms with Crippen molar-refractivity contribution in [2.24, 2.45) is 0 Å². The van der Waals surface area contributed by atoms with Crippen LogP contribution in [0.2, 0.25) is 0 Å². The van der Waals surface area contributed by atoms with E-state index in [1.165, 1.54) is 12.3 Å². The summed E-state index contributed by atoms with van der Waals surface area (Å²) in [6.07, 6.45) is 2.97. The number of rotatable bonds is 2. The van der Waals surface area contributed by atoms with Crippen LogP contribution in [0, 0.1) is 5.82 Å². The van der Waals surface area contributed by atoms with Crippen molar-refractivity contribution in [3.8, 4) is 11.1 Å². The van der Waals surface area contributed by atoms with Crippen molar-refractivity contribution in [2.45, 2.75) is 31.1 Å². The van der Waals surface area contributed by atoms with Crippen LogP contribution in [0.25, 0.3) is 43.8 Å². The Kier molecular flexibility index (Phi) is 4.08. The summed E-state index contributed by atoms with van der Waals surface area (Å²) in [5, 5.41) is 8.27. The number of hydrogen-bond donors (Lipinski definition) is 3. The van der Waals surface area contributed by atoms with Crippen molar-refractivity contribution in [1.82, 2.24) is 20.2 Å². The van der Waals surface area contributed by atoms with Gasteiger partial charge >= 0.3 is 0 Å². The number of alkyl halides is 2. The third-order valence-electron chi connectivity index (χ3n) is 6.62. The molecule has 2 aromatic carbocycles. The molecule has 9 heteroatoms. The van der Waals surface area contributed by atoms with Crippen LogP contribution >= 0.6 is 0 Å². The SMILES string of the molecule is Nc1c(-c2ccc(F)c3[nH]ncc23)c2cc(C3CCC(F)(F)C3)c3ncccc3c2[nH]c1=O. The zero-order chi connectivity index (χ0) is 22.9. The average Bonchev–Trinajstić information content (AvgIpc) is 3.43. The van der Waals surface area contributed by atoms with Crippen molar-refractivity contribution in [3.63, 3.8) is 0 Å². The van der Waals surface area contributed by atoms with Crippen molar-refractivity contribution in [1.29, 1.82) is 0 Å². The minimum absolute atomic E-state index is 0.0393. The predicted molar refractivity (Wildman–Crippen MR) is 121 cm³/mol. The predicted octanol–water partition coefficient (Wildman–Crippen LogP) is 5.24. The van der Waals surface area contributed by atoms with Gasteiger partial charge in [-0.25, -0.2) is 13.2 Å². The van der Waals surface area contributed by atoms with Crippen LogP contribution in [0.3, 0.4) is 0 Å². The Morgan fingerprint density at radius 3 is 2.76 bits per heavy atom. The molecule has 0 saturated heterocycles. The molecule has 0 radical (unpaired) electrons. The maximum Gasteiger partial charge on any atom is 0.272 e. The Morgan fingerprint density at radius 1 is 1.12 bits per heavy atom. The standard InChI is InChI=1S/C24H18F3N5O/c25-17-4-3-12(16-10-30-32-22(16)17)18-15-8-14(11-5-6-24(26,27)9-11)20-13(2-1-7-29-20)21(15)31-23(33)19(18)28/h1-4,7-8,10-11H,5-6,9,28H2,(H,30,32)(H,31,33). The van der Waals surface area contributed by atoms with E-state index in [-0.39, 0.29) is 30.0 Å². The Bertz CT molecular complexity index is 1640. The summed E-state index contributed by atoms with van der Waals surface area (Å²) in [6.45, 7) is 0. The second kappa shape index (κ2) is 6.81. The molecule has 1 atom stereocenters. The topological polar surface area (TPSA) is 100 Å². The molecule has 0 bridgehead atoms. The molecule has 1 fully saturated rings. The first-order chi connectivity index (χ1) is 15.8. The molecule has 6 nitrogen and oxygen atoms in total. The van der Waals surface area contributed by atoms with E-state index in [0.717, 1.165) is 0 Å². The molecule has 6 rings (SSSR count). The number of anilines is 1. The third-order valence-corrected chi connectivity index (χ3v) is 6.62. The first-order valence-corrected chi connectivity index (χ1v) is 10.6. The first kappa shape index (κ1) is 19.8. The fourth-order valence-electron chi connectivity index (χ4n) is 5.09. The number of hydrogen-bond acceptors (Lipinski definition) is 4. The number of pyridine rings is 2. The van der Waals surface area contributed by atoms with Crippen LogP contribution in [0.15, 0.2) is 47.5 Å². The van der Waals surface area contributed by atoms with E-state index >= 15 is 0 Å². The lowest BCUT2D eigenvalue weighted by molar-refractivity contribution is 0.00780. The van der Waals surface area contributed by atoms with E-state index in [1.807, 2.05) is 0 Å². The normalized spacial score (nSPS) is 18.0. The highest BCUT2D eigenvalue weighted by Gasteiger charge is 2.41. The lowest BCUT2D eigenvalue weighted by Gasteiger charge is -2.18. The van der Waals surface area contributed by atoms with Gasteiger partial charge in [0.15, 0.2) is 0 Å². The van der Waals surface area contributed by atoms with E-state index in [2.05, 4.69) is 20.2 Å². The number of aromatic amines is 2. The number of nitrogens with two attached hydrogens (primary N) is 1. The van der Waals surface area contributed by atoms with E-state index < -0.39 is 17.3 Å². The lowest BCUT2D eigenvalue weighted by atomic mass is 9.89. The van der Waals surface area contributed by atoms with Gasteiger partial charge in [-0.05, 0) is 47.7 Å². The highest BCUT2D eigenvalue weighted by atomic mass is 19.3. The van der Waals surface area contributed by atoms with Crippen LogP contribution in [0.4, 0.5) is 18.9 Å². The summed E-state index contributed by atoms with van der Waals surface area (Å²) in [5.41, 5.74) is 8.63. The molecular weight excluding hydrogens is 431 g/mol. The summed E-state index contributed by atoms with van der Waals surface area (Å²) in [4.78, 5) is 20.1. The summed E-state index contributed by atoms with van der Waals surface area (Å²) < 4.78 is 42.5. The average molecular weight is 449 g/mol. The molecule has 4 N–H and O–H groups in total. The van der Waals surface area contributed by atoms with Crippen molar-refractivity contribution < 1.29 is 13.2 Å². The molecule has 3 heterocycles. The molecule has 0 amide bonds. The second-order valence-corrected chi connectivity index (χ2v) is 8.58. The molecule has 3 aromatic heterocycles. The smallest absolute Gasteiger partial charge is 0.272 e. The number of fused-ring (bicyclic) bond motifs is 4. The fraction of sp³-hybridized carbons (Fsp3) is 0.208. The number of nitrogens with one attached hydrogen (secondary N) is 2. The highest BCUT2D eigenvalue weighted by molar-refractivity contribution is 6.15. The molecule has 1 aliphatic rings. The summed E-state index contributed by atoms with van der Waals surface area (Å²) in [5.74, 6) is -3.60. The van der Waals surface area contributed by atoms with Gasteiger partial charge in [0.05, 0.1) is 17.2 Å². The van der Waals surface area contributed by atoms with Crippen molar-refractivity contribution in [3.05, 3.63) is 64.5 Å². The molecule has 0 aliphatic heterocycles. The van der Waals surface area contributed by atoms with Crippen LogP contribution in [0.1, 0.15) is 30.7 Å². The van der Waals surface area contributed by atoms with Gasteiger partial charge in [0.1, 0.15) is 17.0 Å². The van der Waals surface area contributed by atoms with E-state index in [1.54, 1.807) is 30.5 Å². The number of halogens is 3. The van der Waals surface area contributed by atoms with Gasteiger partial charge in [-0.15, -0.1) is 0 Å². The van der Waals surface area contributed by atoms with E-state index in [4.69, 9.17) is 5.73 Å². The molecule has 1 unspecified atom stereocenters. The number of H-pyrrole nitrogens is 2. The Morgan fingerprint density at radius 2 is 1.97 bits per heavy atom. The van der Waals surface area contributed by atoms with Crippen LogP contribution in [-0.2, 0) is 0 Å². The lowest BCUT2D eigenvalue weighted by Crippen LogP contribution is -2.14. The van der Waals surface area contributed by atoms with Crippen LogP contribution < -0.4 is 11.3 Å². The van der Waals surface area contributed by atoms with Gasteiger partial charge in [0.2, 0.25) is 5.92 Å². The van der Waals surface area contributed by atoms with Crippen LogP contribution in [0.5, 0.6) is 0 Å². The van der Waals surface area contributed by atoms with Gasteiger partial charge in [0, 0.05) is 40.8 Å². The molecule has 33 heavy (non-hydrogen) atoms. The third kappa shape index (κ3) is 2.92. The summed E-state index contributed by atoms with van der Waals surface area (Å²) >= 11 is 0. The maximum atomic E-state index is 14.3. The van der Waals surface area contributed by atoms with Crippen molar-refractivity contribution >= 4 is 38.4 Å². The molecule has 1 saturated carbocycles. The van der Waals surface area contributed by atoms with E-state index in [9.17, 15) is 18.0 Å². The number of nitrogen functional groups attached to an aromatic ring is 1. The van der Waals surface area contributed by atoms with E-state index in [0.29, 0.717) is 50.3 Å². The Hall–Kier alpha value is -3.88. The van der Waals surface area contributed by atoms with Crippen LogP contribution in [-0.4, -0.2) is 26.1 Å². The van der Waals surface area contributed by atoms with Gasteiger partial charge < -0.3 is 10.7 Å². The van der Waals surface area contributed by atoms with Gasteiger partial charge in [-0.3, -0.25) is 14.9 Å². The Balaban J connectivity index is 1.75. The van der Waals surface area contributed by atoms with Gasteiger partial charge in [0.25, 0.3) is 5.56 Å². The number of benzene rings is 2. The molecule has 1 aliphatic carbocycles. The Labute approximate surface area is 184 Å². The summed E-state index contributed by atoms with van der Waals surface area (Å²) in [6, 6.07) is 8.16. The second-order valence-electron chi connectivity index (χ2n) is 8.58. The fourth-order valence-corrected chi connectivity index (χ4v) is 5.09. The van der Waals surface area contributed by atoms with Gasteiger partial charge in [-0.2, -0.15) is 5.10 Å². The number of nitrogens with zero attached hydrogens (tertiary/aromatic N) is 2. The first-order valence-electron chi connectivity index (χ1n) is 10.6. The minimum atomic E-state index is -2.73. The van der Waals surface area contributed by atoms with Crippen molar-refractivity contribution in [2.75, 3.05) is 5.73 Å². The molecule has 166 valence electrons. The molecule has 0 spiro atoms.